The van der Waals surface area contributed by atoms with Crippen molar-refractivity contribution in [2.24, 2.45) is 13.0 Å². The van der Waals surface area contributed by atoms with Crippen LogP contribution in [-0.4, -0.2) is 10.6 Å². The van der Waals surface area contributed by atoms with Gasteiger partial charge in [-0.3, -0.25) is 0 Å². The molecule has 1 atom stereocenters. The highest BCUT2D eigenvalue weighted by Gasteiger charge is 2.12. The molecule has 0 spiro atoms. The molecule has 2 heteroatoms. The van der Waals surface area contributed by atoms with Gasteiger partial charge in [0.1, 0.15) is 0 Å². The second-order valence-corrected chi connectivity index (χ2v) is 6.40. The van der Waals surface area contributed by atoms with E-state index in [0.717, 1.165) is 12.5 Å². The molecule has 1 N–H and O–H groups in total. The van der Waals surface area contributed by atoms with Crippen LogP contribution < -0.4 is 5.32 Å². The smallest absolute Gasteiger partial charge is 0.0483 e. The van der Waals surface area contributed by atoms with Crippen molar-refractivity contribution in [1.29, 1.82) is 0 Å². The van der Waals surface area contributed by atoms with Crippen molar-refractivity contribution in [2.45, 2.75) is 53.1 Å². The predicted molar refractivity (Wildman–Crippen MR) is 88.0 cm³/mol. The Morgan fingerprint density at radius 1 is 1.10 bits per heavy atom. The van der Waals surface area contributed by atoms with Gasteiger partial charge in [0, 0.05) is 36.2 Å². The molecule has 0 fully saturated rings. The summed E-state index contributed by atoms with van der Waals surface area (Å²) >= 11 is 0. The summed E-state index contributed by atoms with van der Waals surface area (Å²) in [5, 5.41) is 5.05. The summed E-state index contributed by atoms with van der Waals surface area (Å²) in [7, 11) is 2.17. The molecule has 0 aliphatic carbocycles. The van der Waals surface area contributed by atoms with Gasteiger partial charge >= 0.3 is 0 Å². The monoisotopic (exact) mass is 272 g/mol. The molecule has 1 aromatic carbocycles. The zero-order valence-electron chi connectivity index (χ0n) is 13.5. The van der Waals surface area contributed by atoms with Crippen molar-refractivity contribution in [3.05, 3.63) is 35.5 Å². The first-order valence-corrected chi connectivity index (χ1v) is 7.77. The number of aryl methyl sites for hydroxylation is 2. The highest BCUT2D eigenvalue weighted by Crippen LogP contribution is 2.24. The van der Waals surface area contributed by atoms with Gasteiger partial charge in [0.05, 0.1) is 0 Å². The Labute approximate surface area is 123 Å². The Morgan fingerprint density at radius 2 is 1.80 bits per heavy atom. The topological polar surface area (TPSA) is 17.0 Å². The Bertz CT molecular complexity index is 527. The summed E-state index contributed by atoms with van der Waals surface area (Å²) in [6, 6.07) is 9.24. The third kappa shape index (κ3) is 3.24. The molecular formula is C18H28N2. The fourth-order valence-electron chi connectivity index (χ4n) is 2.84. The molecule has 20 heavy (non-hydrogen) atoms. The van der Waals surface area contributed by atoms with E-state index in [-0.39, 0.29) is 0 Å². The number of hydrogen-bond donors (Lipinski definition) is 1. The van der Waals surface area contributed by atoms with Crippen LogP contribution in [0.1, 0.15) is 44.9 Å². The first-order valence-electron chi connectivity index (χ1n) is 7.77. The molecule has 0 radical (unpaired) electrons. The van der Waals surface area contributed by atoms with Crippen molar-refractivity contribution >= 4 is 10.9 Å². The van der Waals surface area contributed by atoms with E-state index in [1.165, 1.54) is 35.0 Å². The van der Waals surface area contributed by atoms with E-state index in [1.54, 1.807) is 0 Å². The number of rotatable bonds is 6. The summed E-state index contributed by atoms with van der Waals surface area (Å²) in [5.41, 5.74) is 4.14. The van der Waals surface area contributed by atoms with Gasteiger partial charge in [-0.1, -0.05) is 32.0 Å². The minimum absolute atomic E-state index is 0.579. The van der Waals surface area contributed by atoms with E-state index in [4.69, 9.17) is 0 Å². The highest BCUT2D eigenvalue weighted by atomic mass is 15.0. The van der Waals surface area contributed by atoms with Gasteiger partial charge in [-0.25, -0.2) is 0 Å². The number of para-hydroxylation sites is 1. The first-order chi connectivity index (χ1) is 9.50. The Kier molecular flexibility index (Phi) is 4.87. The average molecular weight is 272 g/mol. The Morgan fingerprint density at radius 3 is 2.45 bits per heavy atom. The average Bonchev–Trinajstić information content (AvgIpc) is 2.67. The van der Waals surface area contributed by atoms with Gasteiger partial charge < -0.3 is 9.88 Å². The minimum atomic E-state index is 0.579. The van der Waals surface area contributed by atoms with Crippen LogP contribution in [0.3, 0.4) is 0 Å². The molecule has 0 aliphatic heterocycles. The number of nitrogens with one attached hydrogen (secondary N) is 1. The molecular weight excluding hydrogens is 244 g/mol. The van der Waals surface area contributed by atoms with Crippen LogP contribution in [0.25, 0.3) is 10.9 Å². The largest absolute Gasteiger partial charge is 0.346 e. The maximum absolute atomic E-state index is 3.68. The molecule has 0 aliphatic rings. The summed E-state index contributed by atoms with van der Waals surface area (Å²) in [6.07, 6.45) is 2.54. The number of nitrogens with zero attached hydrogens (tertiary/aromatic N) is 1. The second kappa shape index (κ2) is 6.45. The van der Waals surface area contributed by atoms with Gasteiger partial charge in [0.2, 0.25) is 0 Å². The van der Waals surface area contributed by atoms with Crippen LogP contribution in [0.5, 0.6) is 0 Å². The number of hydrogen-bond acceptors (Lipinski definition) is 1. The van der Waals surface area contributed by atoms with E-state index >= 15 is 0 Å². The standard InChI is InChI=1S/C18H28N2/c1-13(2)10-11-14(3)19-12-18-15(4)16-8-6-7-9-17(16)20(18)5/h6-9,13-14,19H,10-12H2,1-5H3. The molecule has 0 bridgehead atoms. The molecule has 1 unspecified atom stereocenters. The molecule has 2 aromatic rings. The van der Waals surface area contributed by atoms with Crippen molar-refractivity contribution in [1.82, 2.24) is 9.88 Å². The van der Waals surface area contributed by atoms with Gasteiger partial charge in [0.15, 0.2) is 0 Å². The lowest BCUT2D eigenvalue weighted by Gasteiger charge is -2.16. The van der Waals surface area contributed by atoms with E-state index in [2.05, 4.69) is 68.9 Å². The molecule has 1 aromatic heterocycles. The maximum atomic E-state index is 3.68. The van der Waals surface area contributed by atoms with Crippen molar-refractivity contribution in [3.63, 3.8) is 0 Å². The second-order valence-electron chi connectivity index (χ2n) is 6.40. The zero-order chi connectivity index (χ0) is 14.7. The van der Waals surface area contributed by atoms with E-state index in [0.29, 0.717) is 6.04 Å². The molecule has 0 saturated heterocycles. The number of aromatic nitrogens is 1. The molecule has 0 saturated carbocycles. The minimum Gasteiger partial charge on any atom is -0.346 e. The van der Waals surface area contributed by atoms with E-state index in [9.17, 15) is 0 Å². The summed E-state index contributed by atoms with van der Waals surface area (Å²) in [5.74, 6) is 0.790. The lowest BCUT2D eigenvalue weighted by atomic mass is 10.0. The van der Waals surface area contributed by atoms with Crippen molar-refractivity contribution in [3.8, 4) is 0 Å². The lowest BCUT2D eigenvalue weighted by Crippen LogP contribution is -2.27. The fraction of sp³-hybridized carbons (Fsp3) is 0.556. The quantitative estimate of drug-likeness (QED) is 0.824. The van der Waals surface area contributed by atoms with Crippen molar-refractivity contribution in [2.75, 3.05) is 0 Å². The fourth-order valence-corrected chi connectivity index (χ4v) is 2.84. The summed E-state index contributed by atoms with van der Waals surface area (Å²) < 4.78 is 2.33. The lowest BCUT2D eigenvalue weighted by molar-refractivity contribution is 0.446. The van der Waals surface area contributed by atoms with Gasteiger partial charge in [-0.2, -0.15) is 0 Å². The highest BCUT2D eigenvalue weighted by molar-refractivity contribution is 5.85. The van der Waals surface area contributed by atoms with Crippen LogP contribution in [0.4, 0.5) is 0 Å². The Balaban J connectivity index is 2.06. The van der Waals surface area contributed by atoms with Gasteiger partial charge in [-0.15, -0.1) is 0 Å². The summed E-state index contributed by atoms with van der Waals surface area (Å²) in [4.78, 5) is 0. The van der Waals surface area contributed by atoms with Crippen LogP contribution in [-0.2, 0) is 13.6 Å². The van der Waals surface area contributed by atoms with E-state index < -0.39 is 0 Å². The summed E-state index contributed by atoms with van der Waals surface area (Å²) in [6.45, 7) is 10.1. The molecule has 110 valence electrons. The Hall–Kier alpha value is -1.28. The SMILES string of the molecule is Cc1c(CNC(C)CCC(C)C)n(C)c2ccccc12. The first kappa shape index (κ1) is 15.1. The predicted octanol–water partition coefficient (Wildman–Crippen LogP) is 4.40. The van der Waals surface area contributed by atoms with Gasteiger partial charge in [0.25, 0.3) is 0 Å². The maximum Gasteiger partial charge on any atom is 0.0483 e. The number of benzene rings is 1. The third-order valence-corrected chi connectivity index (χ3v) is 4.30. The van der Waals surface area contributed by atoms with Crippen molar-refractivity contribution < 1.29 is 0 Å². The van der Waals surface area contributed by atoms with Crippen LogP contribution >= 0.6 is 0 Å². The van der Waals surface area contributed by atoms with Crippen LogP contribution in [0.15, 0.2) is 24.3 Å². The molecule has 2 rings (SSSR count). The molecule has 0 amide bonds. The van der Waals surface area contributed by atoms with Crippen LogP contribution in [0.2, 0.25) is 0 Å². The number of fused-ring (bicyclic) bond motifs is 1. The zero-order valence-corrected chi connectivity index (χ0v) is 13.5. The third-order valence-electron chi connectivity index (χ3n) is 4.30. The van der Waals surface area contributed by atoms with E-state index in [1.807, 2.05) is 0 Å². The normalized spacial score (nSPS) is 13.3. The van der Waals surface area contributed by atoms with Crippen LogP contribution in [0, 0.1) is 12.8 Å². The van der Waals surface area contributed by atoms with Gasteiger partial charge in [-0.05, 0) is 44.2 Å². The molecule has 1 heterocycles. The molecule has 2 nitrogen and oxygen atoms in total.